The zero-order chi connectivity index (χ0) is 19.2. The van der Waals surface area contributed by atoms with E-state index in [1.54, 1.807) is 20.3 Å². The molecule has 0 radical (unpaired) electrons. The molecule has 0 aromatic heterocycles. The van der Waals surface area contributed by atoms with Gasteiger partial charge in [0.2, 0.25) is 5.91 Å². The predicted octanol–water partition coefficient (Wildman–Crippen LogP) is 2.69. The molecule has 1 saturated heterocycles. The van der Waals surface area contributed by atoms with E-state index in [0.29, 0.717) is 50.5 Å². The molecule has 27 heavy (non-hydrogen) atoms. The summed E-state index contributed by atoms with van der Waals surface area (Å²) >= 11 is 0. The van der Waals surface area contributed by atoms with Crippen LogP contribution in [-0.4, -0.2) is 56.3 Å². The first-order chi connectivity index (χ1) is 13.1. The average Bonchev–Trinajstić information content (AvgIpc) is 2.72. The van der Waals surface area contributed by atoms with Gasteiger partial charge >= 0.3 is 0 Å². The highest BCUT2D eigenvalue weighted by atomic mass is 16.5. The maximum Gasteiger partial charge on any atom is 0.223 e. The Balaban J connectivity index is 1.55. The number of carbonyl (C=O) groups excluding carboxylic acids is 1. The quantitative estimate of drug-likeness (QED) is 0.847. The molecule has 0 aliphatic carbocycles. The third-order valence-electron chi connectivity index (χ3n) is 4.95. The molecule has 1 aliphatic rings. The van der Waals surface area contributed by atoms with Crippen molar-refractivity contribution in [3.05, 3.63) is 48.0 Å². The minimum Gasteiger partial charge on any atom is -0.506 e. The number of para-hydroxylation sites is 3. The number of methoxy groups -OCH3 is 2. The number of aromatic hydroxyl groups is 1. The lowest BCUT2D eigenvalue weighted by Crippen LogP contribution is -2.48. The Morgan fingerprint density at radius 3 is 2.41 bits per heavy atom. The lowest BCUT2D eigenvalue weighted by atomic mass is 10.1. The van der Waals surface area contributed by atoms with Crippen LogP contribution in [0.1, 0.15) is 12.0 Å². The number of phenols is 1. The van der Waals surface area contributed by atoms with Gasteiger partial charge in [0, 0.05) is 32.6 Å². The van der Waals surface area contributed by atoms with Gasteiger partial charge in [-0.1, -0.05) is 24.3 Å². The van der Waals surface area contributed by atoms with Gasteiger partial charge in [-0.05, 0) is 30.2 Å². The molecule has 2 aromatic rings. The fourth-order valence-corrected chi connectivity index (χ4v) is 3.48. The molecule has 2 aromatic carbocycles. The first-order valence-electron chi connectivity index (χ1n) is 9.14. The van der Waals surface area contributed by atoms with Gasteiger partial charge in [-0.3, -0.25) is 4.79 Å². The number of ether oxygens (including phenoxy) is 2. The van der Waals surface area contributed by atoms with Crippen LogP contribution in [0, 0.1) is 0 Å². The molecule has 0 bridgehead atoms. The highest BCUT2D eigenvalue weighted by Gasteiger charge is 2.22. The topological polar surface area (TPSA) is 62.2 Å². The molecule has 0 atom stereocenters. The lowest BCUT2D eigenvalue weighted by molar-refractivity contribution is -0.131. The molecule has 1 amide bonds. The Kier molecular flexibility index (Phi) is 6.06. The Labute approximate surface area is 159 Å². The number of hydrogen-bond donors (Lipinski definition) is 1. The van der Waals surface area contributed by atoms with E-state index in [1.165, 1.54) is 0 Å². The van der Waals surface area contributed by atoms with Crippen molar-refractivity contribution >= 4 is 11.6 Å². The number of amides is 1. The summed E-state index contributed by atoms with van der Waals surface area (Å²) < 4.78 is 10.8. The molecule has 0 spiro atoms. The van der Waals surface area contributed by atoms with E-state index in [1.807, 2.05) is 41.3 Å². The van der Waals surface area contributed by atoms with E-state index in [9.17, 15) is 9.90 Å². The largest absolute Gasteiger partial charge is 0.506 e. The van der Waals surface area contributed by atoms with Gasteiger partial charge in [0.15, 0.2) is 11.5 Å². The number of nitrogens with zero attached hydrogens (tertiary/aromatic N) is 2. The van der Waals surface area contributed by atoms with Crippen molar-refractivity contribution in [2.45, 2.75) is 12.8 Å². The van der Waals surface area contributed by atoms with E-state index < -0.39 is 0 Å². The Hall–Kier alpha value is -2.89. The normalized spacial score (nSPS) is 14.1. The van der Waals surface area contributed by atoms with Gasteiger partial charge in [-0.15, -0.1) is 0 Å². The van der Waals surface area contributed by atoms with Crippen molar-refractivity contribution in [3.8, 4) is 17.2 Å². The molecule has 6 nitrogen and oxygen atoms in total. The zero-order valence-electron chi connectivity index (χ0n) is 15.9. The number of aryl methyl sites for hydroxylation is 1. The number of carbonyl (C=O) groups is 1. The van der Waals surface area contributed by atoms with Crippen molar-refractivity contribution in [1.29, 1.82) is 0 Å². The summed E-state index contributed by atoms with van der Waals surface area (Å²) in [4.78, 5) is 16.6. The van der Waals surface area contributed by atoms with Crippen LogP contribution in [0.3, 0.4) is 0 Å². The second-order valence-electron chi connectivity index (χ2n) is 6.51. The molecule has 1 aliphatic heterocycles. The third-order valence-corrected chi connectivity index (χ3v) is 4.95. The third kappa shape index (κ3) is 4.27. The molecular formula is C21H26N2O4. The van der Waals surface area contributed by atoms with Crippen LogP contribution in [-0.2, 0) is 11.2 Å². The van der Waals surface area contributed by atoms with Crippen LogP contribution in [0.15, 0.2) is 42.5 Å². The number of hydrogen-bond acceptors (Lipinski definition) is 5. The molecular weight excluding hydrogens is 344 g/mol. The van der Waals surface area contributed by atoms with Gasteiger partial charge in [0.25, 0.3) is 0 Å². The molecule has 1 N–H and O–H groups in total. The van der Waals surface area contributed by atoms with E-state index in [2.05, 4.69) is 4.90 Å². The highest BCUT2D eigenvalue weighted by molar-refractivity contribution is 5.77. The molecule has 0 unspecified atom stereocenters. The van der Waals surface area contributed by atoms with Gasteiger partial charge < -0.3 is 24.4 Å². The maximum atomic E-state index is 12.6. The molecule has 144 valence electrons. The molecule has 1 fully saturated rings. The molecule has 3 rings (SSSR count). The van der Waals surface area contributed by atoms with E-state index >= 15 is 0 Å². The van der Waals surface area contributed by atoms with E-state index in [-0.39, 0.29) is 11.7 Å². The summed E-state index contributed by atoms with van der Waals surface area (Å²) in [5, 5.41) is 10.00. The maximum absolute atomic E-state index is 12.6. The summed E-state index contributed by atoms with van der Waals surface area (Å²) in [5.41, 5.74) is 1.80. The Morgan fingerprint density at radius 1 is 1.00 bits per heavy atom. The van der Waals surface area contributed by atoms with Crippen molar-refractivity contribution < 1.29 is 19.4 Å². The first kappa shape index (κ1) is 18.9. The van der Waals surface area contributed by atoms with Crippen LogP contribution in [0.2, 0.25) is 0 Å². The van der Waals surface area contributed by atoms with Crippen molar-refractivity contribution in [1.82, 2.24) is 4.90 Å². The van der Waals surface area contributed by atoms with E-state index in [4.69, 9.17) is 9.47 Å². The van der Waals surface area contributed by atoms with Gasteiger partial charge in [0.1, 0.15) is 5.75 Å². The lowest BCUT2D eigenvalue weighted by Gasteiger charge is -2.36. The van der Waals surface area contributed by atoms with Crippen molar-refractivity contribution in [3.63, 3.8) is 0 Å². The first-order valence-corrected chi connectivity index (χ1v) is 9.14. The van der Waals surface area contributed by atoms with Crippen LogP contribution >= 0.6 is 0 Å². The number of piperazine rings is 1. The second kappa shape index (κ2) is 8.66. The Morgan fingerprint density at radius 2 is 1.74 bits per heavy atom. The predicted molar refractivity (Wildman–Crippen MR) is 105 cm³/mol. The summed E-state index contributed by atoms with van der Waals surface area (Å²) in [6.07, 6.45) is 1.04. The van der Waals surface area contributed by atoms with Crippen molar-refractivity contribution in [2.24, 2.45) is 0 Å². The fraction of sp³-hybridized carbons (Fsp3) is 0.381. The number of anilines is 1. The van der Waals surface area contributed by atoms with Gasteiger partial charge in [-0.25, -0.2) is 0 Å². The summed E-state index contributed by atoms with van der Waals surface area (Å²) in [6.45, 7) is 2.74. The SMILES string of the molecule is COc1cccc(CCC(=O)N2CCN(c3ccccc3O)CC2)c1OC. The summed E-state index contributed by atoms with van der Waals surface area (Å²) in [7, 11) is 3.22. The minimum atomic E-state index is 0.136. The monoisotopic (exact) mass is 370 g/mol. The van der Waals surface area contributed by atoms with Crippen LogP contribution in [0.25, 0.3) is 0 Å². The standard InChI is InChI=1S/C21H26N2O4/c1-26-19-9-5-6-16(21(19)27-2)10-11-20(25)23-14-12-22(13-15-23)17-7-3-4-8-18(17)24/h3-9,24H,10-15H2,1-2H3. The van der Waals surface area contributed by atoms with Gasteiger partial charge in [0.05, 0.1) is 19.9 Å². The van der Waals surface area contributed by atoms with Gasteiger partial charge in [-0.2, -0.15) is 0 Å². The number of benzene rings is 2. The van der Waals surface area contributed by atoms with E-state index in [0.717, 1.165) is 11.3 Å². The van der Waals surface area contributed by atoms with Crippen LogP contribution in [0.4, 0.5) is 5.69 Å². The number of phenolic OH excluding ortho intramolecular Hbond substituents is 1. The van der Waals surface area contributed by atoms with Crippen LogP contribution < -0.4 is 14.4 Å². The minimum absolute atomic E-state index is 0.136. The van der Waals surface area contributed by atoms with Crippen molar-refractivity contribution in [2.75, 3.05) is 45.3 Å². The fourth-order valence-electron chi connectivity index (χ4n) is 3.48. The zero-order valence-corrected chi connectivity index (χ0v) is 15.9. The average molecular weight is 370 g/mol. The number of rotatable bonds is 6. The highest BCUT2D eigenvalue weighted by Crippen LogP contribution is 2.31. The molecule has 6 heteroatoms. The Bertz CT molecular complexity index is 786. The summed E-state index contributed by atoms with van der Waals surface area (Å²) in [5.74, 6) is 1.79. The smallest absolute Gasteiger partial charge is 0.223 e. The van der Waals surface area contributed by atoms with Crippen LogP contribution in [0.5, 0.6) is 17.2 Å². The summed E-state index contributed by atoms with van der Waals surface area (Å²) in [6, 6.07) is 13.0. The molecule has 1 heterocycles. The molecule has 0 saturated carbocycles. The second-order valence-corrected chi connectivity index (χ2v) is 6.51.